The average molecular weight is 1690 g/mol. The monoisotopic (exact) mass is 1690 g/mol. The molecular formula is C81H86Cl2N8O28. The van der Waals surface area contributed by atoms with Crippen molar-refractivity contribution in [2.75, 3.05) is 20.2 Å². The molecule has 7 aromatic carbocycles. The number of carboxylic acids is 2. The van der Waals surface area contributed by atoms with Gasteiger partial charge in [-0.2, -0.15) is 0 Å². The summed E-state index contributed by atoms with van der Waals surface area (Å²) in [6.07, 6.45) is -12.6. The van der Waals surface area contributed by atoms with Gasteiger partial charge in [0.15, 0.2) is 35.1 Å². The highest BCUT2D eigenvalue weighted by atomic mass is 35.5. The molecule has 2 fully saturated rings. The number of halogens is 2. The van der Waals surface area contributed by atoms with Gasteiger partial charge in [0, 0.05) is 40.8 Å². The first-order valence-corrected chi connectivity index (χ1v) is 38.9. The Balaban J connectivity index is 1.05. The number of likely N-dealkylation sites (N-methyl/N-ethyl adjacent to an activating group) is 1. The molecule has 8 aliphatic heterocycles. The number of rotatable bonds is 18. The van der Waals surface area contributed by atoms with Crippen LogP contribution < -0.4 is 66.2 Å². The fraction of sp³-hybridized carbons (Fsp3) is 0.383. The van der Waals surface area contributed by atoms with E-state index in [2.05, 4.69) is 49.5 Å². The number of aliphatic hydroxyl groups excluding tert-OH is 7. The number of aliphatic carboxylic acids is 2. The lowest BCUT2D eigenvalue weighted by Gasteiger charge is -2.41. The lowest BCUT2D eigenvalue weighted by molar-refractivity contribution is -0.241. The largest absolute Gasteiger partial charge is 0.508 e. The van der Waals surface area contributed by atoms with Gasteiger partial charge in [-0.3, -0.25) is 28.8 Å². The Hall–Kier alpha value is -11.4. The third-order valence-corrected chi connectivity index (χ3v) is 22.0. The maximum Gasteiger partial charge on any atom is 0.335 e. The van der Waals surface area contributed by atoms with E-state index in [4.69, 9.17) is 56.4 Å². The number of carbonyl (C=O) groups excluding carboxylic acids is 6. The number of carbonyl (C=O) groups is 8. The summed E-state index contributed by atoms with van der Waals surface area (Å²) in [5.74, 6) is -18.6. The number of phenols is 4. The summed E-state index contributed by atoms with van der Waals surface area (Å²) >= 11 is 14.2. The number of unbranched alkanes of at least 4 members (excludes halogenated alkanes) is 7. The molecule has 21 N–H and O–H groups in total. The maximum atomic E-state index is 16.6. The molecule has 0 saturated carbocycles. The first-order valence-electron chi connectivity index (χ1n) is 38.1. The molecule has 0 aliphatic carbocycles. The van der Waals surface area contributed by atoms with Crippen molar-refractivity contribution in [3.8, 4) is 80.1 Å². The van der Waals surface area contributed by atoms with Crippen LogP contribution in [-0.4, -0.2) is 201 Å². The Morgan fingerprint density at radius 3 is 1.80 bits per heavy atom. The number of nitrogens with one attached hydrogen (secondary N) is 8. The van der Waals surface area contributed by atoms with Gasteiger partial charge in [0.2, 0.25) is 53.8 Å². The lowest BCUT2D eigenvalue weighted by Crippen LogP contribution is -2.65. The van der Waals surface area contributed by atoms with Crippen LogP contribution in [0.4, 0.5) is 0 Å². The van der Waals surface area contributed by atoms with Crippen LogP contribution in [0.3, 0.4) is 0 Å². The van der Waals surface area contributed by atoms with Crippen molar-refractivity contribution in [1.82, 2.24) is 42.5 Å². The highest BCUT2D eigenvalue weighted by molar-refractivity contribution is 6.33. The molecule has 36 nitrogen and oxygen atoms in total. The maximum absolute atomic E-state index is 16.6. The zero-order valence-electron chi connectivity index (χ0n) is 63.3. The summed E-state index contributed by atoms with van der Waals surface area (Å²) in [5.41, 5.74) is -3.37. The van der Waals surface area contributed by atoms with Gasteiger partial charge in [-0.1, -0.05) is 105 Å². The van der Waals surface area contributed by atoms with Crippen LogP contribution in [0, 0.1) is 0 Å². The Morgan fingerprint density at radius 1 is 0.521 bits per heavy atom. The van der Waals surface area contributed by atoms with Gasteiger partial charge in [-0.05, 0) is 121 Å². The second kappa shape index (κ2) is 36.5. The zero-order valence-corrected chi connectivity index (χ0v) is 64.8. The Morgan fingerprint density at radius 2 is 1.12 bits per heavy atom. The molecule has 8 aliphatic rings. The third kappa shape index (κ3) is 18.3. The van der Waals surface area contributed by atoms with Crippen LogP contribution in [0.5, 0.6) is 69.0 Å². The zero-order chi connectivity index (χ0) is 85.1. The number of phenolic OH excluding ortho intramolecular Hbond substituents is 4. The molecule has 0 unspecified atom stereocenters. The molecule has 0 aromatic heterocycles. The summed E-state index contributed by atoms with van der Waals surface area (Å²) in [7, 11) is 1.37. The van der Waals surface area contributed by atoms with Gasteiger partial charge >= 0.3 is 11.9 Å². The molecule has 18 atom stereocenters. The number of benzene rings is 7. The first-order chi connectivity index (χ1) is 56.9. The van der Waals surface area contributed by atoms with Crippen molar-refractivity contribution < 1.29 is 138 Å². The van der Waals surface area contributed by atoms with Crippen LogP contribution in [0.1, 0.15) is 146 Å². The second-order valence-corrected chi connectivity index (χ2v) is 30.2. The minimum absolute atomic E-state index is 0.107. The third-order valence-electron chi connectivity index (χ3n) is 21.3. The minimum atomic E-state index is -2.45. The first kappa shape index (κ1) is 85.5. The van der Waals surface area contributed by atoms with Gasteiger partial charge in [-0.15, -0.1) is 0 Å². The van der Waals surface area contributed by atoms with Crippen LogP contribution in [0.25, 0.3) is 11.1 Å². The number of fused-ring (bicyclic) bond motifs is 14. The van der Waals surface area contributed by atoms with E-state index < -0.39 is 265 Å². The molecule has 119 heavy (non-hydrogen) atoms. The number of hydrogen-bond donors (Lipinski definition) is 21. The second-order valence-electron chi connectivity index (χ2n) is 29.4. The van der Waals surface area contributed by atoms with Crippen molar-refractivity contribution in [1.29, 1.82) is 0 Å². The number of ether oxygens (including phenoxy) is 7. The van der Waals surface area contributed by atoms with Crippen molar-refractivity contribution >= 4 is 70.6 Å². The number of aliphatic hydroxyl groups is 7. The summed E-state index contributed by atoms with van der Waals surface area (Å²) in [6, 6.07) is 4.05. The summed E-state index contributed by atoms with van der Waals surface area (Å²) in [6.45, 7) is 1.35. The Labute approximate surface area is 686 Å². The van der Waals surface area contributed by atoms with E-state index in [1.54, 1.807) is 0 Å². The fourth-order valence-corrected chi connectivity index (χ4v) is 15.5. The van der Waals surface area contributed by atoms with Gasteiger partial charge in [0.05, 0.1) is 28.8 Å². The van der Waals surface area contributed by atoms with Crippen molar-refractivity contribution in [2.45, 2.75) is 174 Å². The van der Waals surface area contributed by atoms with E-state index in [0.29, 0.717) is 12.8 Å². The van der Waals surface area contributed by atoms with Crippen LogP contribution in [0.15, 0.2) is 115 Å². The standard InChI is InChI=1S/C81H86Cl2N8O28/c1-3-4-5-6-7-8-9-10-21-85-65-69(101)70(102)72(80(111)112)119-81(65)118-71-52-25-37-26-53(71)115-49-20-15-36(23-44(49)82)67(99)64-77(107)88-61(43-29-40(30-47(96)57(43)83)114-50-24-35(14-19-46(50)95)58(84-2)73(103)90-64)76(106)87-60(37)75(105)86-59-34-13-18-45(94)41(22-34)56-42(27-38(93)28-51(56)116-55-31-48(97)68(100)54(32-92)117-55)62(79(109)110)89-78(108)63(91-74(59)104)66(98)33-11-16-39(113-52)17-12-33/h11-20,22-30,48,54-55,58-70,72,81,84-85,92-102H,3-10,21,31-32H2,1-2H3,(H,86,105)(H,87,106)(H,88,107)(H,89,108)(H,90,103)(H,91,104)(H,109,110)(H,111,112)/t48-,54-,55-,58-,59+,60-,61+,62+,63+,64-,65-,66-,67-,68+,69-,70+,72+,81-/m1/s1. The smallest absolute Gasteiger partial charge is 0.335 e. The van der Waals surface area contributed by atoms with E-state index in [-0.39, 0.29) is 40.5 Å². The van der Waals surface area contributed by atoms with Crippen molar-refractivity contribution in [3.05, 3.63) is 164 Å². The van der Waals surface area contributed by atoms with Gasteiger partial charge in [-0.25, -0.2) is 9.59 Å². The SMILES string of the molecule is CCCCCCCCCCN[C@H]1[C@H](Oc2c3cc4cc2Oc2ccc(cc2Cl)[C@@H](O)[C@H]2NC(=O)[C@H](NC)c5ccc(O)c(c5)Oc5cc(O)c(Cl)c(c5)[C@H](NC2=O)C(=O)N[C@H]4C(=O)N[C@@H]2C(=O)N[C@H](C(=O)N[C@H](C(=O)O)c4cc(O)cc(O[C@H]5C[C@@H](O)[C@H](O)[C@@H](CO)O5)c4-c4cc2ccc4O)[C@H](O)c2ccc(cc2)O3)O[C@H](C(=O)O)[C@@H](O)[C@@H]1O. The van der Waals surface area contributed by atoms with Gasteiger partial charge in [0.25, 0.3) is 0 Å². The molecular weight excluding hydrogens is 1600 g/mol. The highest BCUT2D eigenvalue weighted by Crippen LogP contribution is 2.50. The van der Waals surface area contributed by atoms with E-state index in [0.717, 1.165) is 105 Å². The normalized spacial score (nSPS) is 26.9. The van der Waals surface area contributed by atoms with Crippen LogP contribution >= 0.6 is 23.2 Å². The van der Waals surface area contributed by atoms with Gasteiger partial charge < -0.3 is 142 Å². The topological polar surface area (TPSA) is 560 Å². The van der Waals surface area contributed by atoms with E-state index in [1.165, 1.54) is 55.6 Å². The quantitative estimate of drug-likeness (QED) is 0.0524. The van der Waals surface area contributed by atoms with E-state index in [1.807, 2.05) is 0 Å². The minimum Gasteiger partial charge on any atom is -0.508 e. The molecule has 15 rings (SSSR count). The number of hydrogen-bond acceptors (Lipinski definition) is 28. The lowest BCUT2D eigenvalue weighted by atomic mass is 9.89. The molecule has 8 heterocycles. The van der Waals surface area contributed by atoms with Gasteiger partial charge in [0.1, 0.15) is 113 Å². The van der Waals surface area contributed by atoms with Crippen molar-refractivity contribution in [3.63, 3.8) is 0 Å². The van der Waals surface area contributed by atoms with E-state index >= 15 is 24.0 Å². The number of carboxylic acid groups (broad SMARTS) is 2. The molecule has 2 saturated heterocycles. The molecule has 38 heteroatoms. The Bertz CT molecular complexity index is 5050. The summed E-state index contributed by atoms with van der Waals surface area (Å²) in [5, 5.41) is 169. The summed E-state index contributed by atoms with van der Waals surface area (Å²) < 4.78 is 44.4. The Kier molecular flexibility index (Phi) is 26.2. The predicted molar refractivity (Wildman–Crippen MR) is 414 cm³/mol. The number of aromatic hydroxyl groups is 4. The molecule has 632 valence electrons. The van der Waals surface area contributed by atoms with E-state index in [9.17, 15) is 80.8 Å². The molecule has 0 spiro atoms. The highest BCUT2D eigenvalue weighted by Gasteiger charge is 2.51. The fourth-order valence-electron chi connectivity index (χ4n) is 15.0. The molecule has 7 aromatic rings. The molecule has 0 radical (unpaired) electrons. The van der Waals surface area contributed by atoms with Crippen molar-refractivity contribution in [2.24, 2.45) is 0 Å². The number of amides is 6. The summed E-state index contributed by atoms with van der Waals surface area (Å²) in [4.78, 5) is 121. The van der Waals surface area contributed by atoms with Crippen LogP contribution in [0.2, 0.25) is 10.0 Å². The predicted octanol–water partition coefficient (Wildman–Crippen LogP) is 4.54. The molecule has 6 amide bonds. The van der Waals surface area contributed by atoms with Crippen LogP contribution in [-0.2, 0) is 47.8 Å². The average Bonchev–Trinajstić information content (AvgIpc) is 0.762. The molecule has 17 bridgehead atoms.